The zero-order chi connectivity index (χ0) is 27.2. The van der Waals surface area contributed by atoms with Crippen LogP contribution in [0.15, 0.2) is 24.3 Å². The summed E-state index contributed by atoms with van der Waals surface area (Å²) in [5.41, 5.74) is 5.24. The van der Waals surface area contributed by atoms with Crippen molar-refractivity contribution in [1.29, 1.82) is 0 Å². The molecule has 38 heavy (non-hydrogen) atoms. The third-order valence-corrected chi connectivity index (χ3v) is 7.88. The number of fused-ring (bicyclic) bond motifs is 1. The summed E-state index contributed by atoms with van der Waals surface area (Å²) >= 11 is 0. The van der Waals surface area contributed by atoms with Crippen LogP contribution in [0.5, 0.6) is 0 Å². The lowest BCUT2D eigenvalue weighted by molar-refractivity contribution is -0.144. The van der Waals surface area contributed by atoms with Gasteiger partial charge in [0.05, 0.1) is 24.6 Å². The zero-order valence-corrected chi connectivity index (χ0v) is 21.8. The van der Waals surface area contributed by atoms with Crippen LogP contribution in [-0.4, -0.2) is 48.2 Å². The molecule has 6 nitrogen and oxygen atoms in total. The van der Waals surface area contributed by atoms with Crippen LogP contribution >= 0.6 is 0 Å². The summed E-state index contributed by atoms with van der Waals surface area (Å²) in [5, 5.41) is 8.39. The largest absolute Gasteiger partial charge is 0.389 e. The summed E-state index contributed by atoms with van der Waals surface area (Å²) < 4.78 is 60.7. The van der Waals surface area contributed by atoms with Crippen molar-refractivity contribution in [2.45, 2.75) is 45.7 Å². The normalized spacial score (nSPS) is 20.3. The number of aromatic nitrogens is 2. The Bertz CT molecular complexity index is 1360. The number of rotatable bonds is 5. The van der Waals surface area contributed by atoms with Gasteiger partial charge < -0.3 is 15.0 Å². The van der Waals surface area contributed by atoms with Crippen molar-refractivity contribution in [2.24, 2.45) is 18.9 Å². The molecular formula is C28H32F4N4O2. The average Bonchev–Trinajstić information content (AvgIpc) is 3.43. The summed E-state index contributed by atoms with van der Waals surface area (Å²) in [6, 6.07) is 7.10. The van der Waals surface area contributed by atoms with Gasteiger partial charge in [-0.05, 0) is 80.0 Å². The predicted octanol–water partition coefficient (Wildman–Crippen LogP) is 6.14. The van der Waals surface area contributed by atoms with Crippen LogP contribution in [0.3, 0.4) is 0 Å². The molecule has 0 spiro atoms. The number of hydrogen-bond acceptors (Lipinski definition) is 4. The molecule has 1 N–H and O–H groups in total. The average molecular weight is 533 g/mol. The predicted molar refractivity (Wildman–Crippen MR) is 139 cm³/mol. The Morgan fingerprint density at radius 1 is 1.13 bits per heavy atom. The monoisotopic (exact) mass is 532 g/mol. The van der Waals surface area contributed by atoms with Crippen LogP contribution in [-0.2, 0) is 16.6 Å². The minimum absolute atomic E-state index is 0.0331. The molecule has 0 radical (unpaired) electrons. The molecule has 1 saturated heterocycles. The third-order valence-electron chi connectivity index (χ3n) is 7.88. The van der Waals surface area contributed by atoms with Crippen molar-refractivity contribution >= 4 is 28.2 Å². The van der Waals surface area contributed by atoms with Crippen molar-refractivity contribution in [3.8, 4) is 11.1 Å². The van der Waals surface area contributed by atoms with Gasteiger partial charge in [-0.25, -0.2) is 4.39 Å². The second-order valence-corrected chi connectivity index (χ2v) is 10.5. The number of ether oxygens (including phenoxy) is 1. The summed E-state index contributed by atoms with van der Waals surface area (Å²) in [4.78, 5) is 15.1. The fourth-order valence-corrected chi connectivity index (χ4v) is 5.74. The van der Waals surface area contributed by atoms with Gasteiger partial charge in [0, 0.05) is 43.6 Å². The molecule has 3 aromatic rings. The van der Waals surface area contributed by atoms with E-state index in [4.69, 9.17) is 9.84 Å². The molecule has 1 aliphatic heterocycles. The first kappa shape index (κ1) is 26.5. The lowest BCUT2D eigenvalue weighted by Crippen LogP contribution is -2.36. The Labute approximate surface area is 218 Å². The maximum Gasteiger partial charge on any atom is 0.389 e. The number of nitrogens with one attached hydrogen (secondary N) is 1. The molecule has 2 heterocycles. The first-order valence-corrected chi connectivity index (χ1v) is 13.0. The lowest BCUT2D eigenvalue weighted by atomic mass is 9.96. The van der Waals surface area contributed by atoms with Gasteiger partial charge in [0.25, 0.3) is 0 Å². The van der Waals surface area contributed by atoms with Crippen LogP contribution in [0.1, 0.15) is 36.9 Å². The van der Waals surface area contributed by atoms with E-state index in [2.05, 4.69) is 10.2 Å². The lowest BCUT2D eigenvalue weighted by Gasteiger charge is -2.29. The first-order valence-electron chi connectivity index (χ1n) is 13.0. The topological polar surface area (TPSA) is 59.4 Å². The molecule has 2 fully saturated rings. The molecule has 1 amide bonds. The Morgan fingerprint density at radius 3 is 2.58 bits per heavy atom. The van der Waals surface area contributed by atoms with Gasteiger partial charge in [-0.1, -0.05) is 0 Å². The number of anilines is 2. The minimum atomic E-state index is -4.25. The van der Waals surface area contributed by atoms with E-state index in [-0.39, 0.29) is 12.1 Å². The van der Waals surface area contributed by atoms with Crippen LogP contribution in [0, 0.1) is 31.5 Å². The number of nitrogens with zero attached hydrogens (tertiary/aromatic N) is 3. The number of alkyl halides is 3. The SMILES string of the molecule is Cc1cc(F)c(NC(=O)C2CC[C@@H](CC(F)(F)F)C2)cc1-c1cc(N2CCOCC2)c2nn(C)c(C)c2c1. The van der Waals surface area contributed by atoms with E-state index < -0.39 is 36.2 Å². The van der Waals surface area contributed by atoms with Crippen molar-refractivity contribution in [3.05, 3.63) is 41.3 Å². The summed E-state index contributed by atoms with van der Waals surface area (Å²) in [6.07, 6.45) is -4.27. The number of hydrogen-bond donors (Lipinski definition) is 1. The number of morpholine rings is 1. The summed E-state index contributed by atoms with van der Waals surface area (Å²) in [5.74, 6) is -2.14. The van der Waals surface area contributed by atoms with E-state index in [9.17, 15) is 22.4 Å². The molecule has 5 rings (SSSR count). The first-order chi connectivity index (χ1) is 18.0. The maximum atomic E-state index is 15.0. The Balaban J connectivity index is 1.46. The van der Waals surface area contributed by atoms with Crippen LogP contribution in [0.4, 0.5) is 28.9 Å². The molecule has 1 aromatic heterocycles. The van der Waals surface area contributed by atoms with Crippen LogP contribution < -0.4 is 10.2 Å². The minimum Gasteiger partial charge on any atom is -0.378 e. The summed E-state index contributed by atoms with van der Waals surface area (Å²) in [7, 11) is 1.90. The number of amides is 1. The molecule has 204 valence electrons. The Hall–Kier alpha value is -3.14. The van der Waals surface area contributed by atoms with Crippen LogP contribution in [0.25, 0.3) is 22.0 Å². The number of benzene rings is 2. The van der Waals surface area contributed by atoms with E-state index in [1.165, 1.54) is 6.07 Å². The smallest absolute Gasteiger partial charge is 0.378 e. The van der Waals surface area contributed by atoms with E-state index in [1.807, 2.05) is 37.7 Å². The molecule has 1 unspecified atom stereocenters. The highest BCUT2D eigenvalue weighted by molar-refractivity contribution is 5.98. The molecule has 1 saturated carbocycles. The van der Waals surface area contributed by atoms with Gasteiger partial charge in [0.1, 0.15) is 11.3 Å². The van der Waals surface area contributed by atoms with Crippen molar-refractivity contribution in [3.63, 3.8) is 0 Å². The van der Waals surface area contributed by atoms with E-state index in [1.54, 1.807) is 6.07 Å². The number of halogens is 4. The number of carbonyl (C=O) groups is 1. The van der Waals surface area contributed by atoms with Crippen molar-refractivity contribution in [1.82, 2.24) is 9.78 Å². The second kappa shape index (κ2) is 10.2. The van der Waals surface area contributed by atoms with Gasteiger partial charge in [-0.2, -0.15) is 18.3 Å². The fraction of sp³-hybridized carbons (Fsp3) is 0.500. The molecule has 2 aliphatic rings. The molecular weight excluding hydrogens is 500 g/mol. The summed E-state index contributed by atoms with van der Waals surface area (Å²) in [6.45, 7) is 6.52. The van der Waals surface area contributed by atoms with E-state index in [0.717, 1.165) is 46.5 Å². The van der Waals surface area contributed by atoms with Gasteiger partial charge in [-0.15, -0.1) is 0 Å². The molecule has 10 heteroatoms. The number of aryl methyl sites for hydroxylation is 3. The van der Waals surface area contributed by atoms with Gasteiger partial charge in [0.15, 0.2) is 0 Å². The standard InChI is InChI=1S/C28H32F4N4O2/c1-16-10-23(29)24(33-27(37)19-5-4-18(11-19)15-28(30,31)32)14-21(16)20-12-22-17(2)35(3)34-26(22)25(13-20)36-6-8-38-9-7-36/h10,12-14,18-19H,4-9,11,15H2,1-3H3,(H,33,37)/t18-,19?/m1/s1. The van der Waals surface area contributed by atoms with Gasteiger partial charge >= 0.3 is 6.18 Å². The van der Waals surface area contributed by atoms with Crippen molar-refractivity contribution in [2.75, 3.05) is 36.5 Å². The zero-order valence-electron chi connectivity index (χ0n) is 21.8. The highest BCUT2D eigenvalue weighted by atomic mass is 19.4. The highest BCUT2D eigenvalue weighted by Gasteiger charge is 2.38. The second-order valence-electron chi connectivity index (χ2n) is 10.5. The number of carbonyl (C=O) groups excluding carboxylic acids is 1. The quantitative estimate of drug-likeness (QED) is 0.401. The molecule has 0 bridgehead atoms. The Morgan fingerprint density at radius 2 is 1.87 bits per heavy atom. The molecule has 2 aromatic carbocycles. The van der Waals surface area contributed by atoms with E-state index in [0.29, 0.717) is 31.6 Å². The third kappa shape index (κ3) is 5.36. The van der Waals surface area contributed by atoms with Crippen molar-refractivity contribution < 1.29 is 27.1 Å². The Kier molecular flexibility index (Phi) is 7.11. The molecule has 1 aliphatic carbocycles. The van der Waals surface area contributed by atoms with Gasteiger partial charge in [0.2, 0.25) is 5.91 Å². The highest BCUT2D eigenvalue weighted by Crippen LogP contribution is 2.40. The van der Waals surface area contributed by atoms with Gasteiger partial charge in [-0.3, -0.25) is 9.48 Å². The molecule has 2 atom stereocenters. The van der Waals surface area contributed by atoms with E-state index >= 15 is 0 Å². The van der Waals surface area contributed by atoms with Crippen LogP contribution in [0.2, 0.25) is 0 Å². The fourth-order valence-electron chi connectivity index (χ4n) is 5.74. The maximum absolute atomic E-state index is 15.0.